The quantitative estimate of drug-likeness (QED) is 0.192. The average Bonchev–Trinajstić information content (AvgIpc) is 3.49. The molecule has 1 atom stereocenters. The zero-order chi connectivity index (χ0) is 33.1. The molecule has 50 heavy (non-hydrogen) atoms. The van der Waals surface area contributed by atoms with Crippen molar-refractivity contribution in [3.8, 4) is 56.5 Å². The maximum absolute atomic E-state index is 6.71. The third kappa shape index (κ3) is 4.37. The van der Waals surface area contributed by atoms with Crippen molar-refractivity contribution < 1.29 is 4.74 Å². The van der Waals surface area contributed by atoms with Gasteiger partial charge in [-0.05, 0) is 82.6 Å². The van der Waals surface area contributed by atoms with Crippen LogP contribution in [0, 0.1) is 0 Å². The molecule has 1 aliphatic heterocycles. The third-order valence-corrected chi connectivity index (χ3v) is 10.4. The van der Waals surface area contributed by atoms with E-state index in [1.165, 1.54) is 33.4 Å². The van der Waals surface area contributed by atoms with E-state index >= 15 is 0 Å². The molecule has 10 rings (SSSR count). The Labute approximate surface area is 291 Å². The standard InChI is InChI=1S/C47H32N2O/c1-3-14-31(15-4-1)33-18-13-19-34(28-33)42-30-43(49-46(48-42)32-16-5-2-6-17-32)35-26-27-45-41(29-35)47(40-24-11-12-25-44(40)50-45)38-22-9-7-20-36(38)37-21-8-10-23-39(37)47/h1-7,9-20,22-30H,8,21H2. The van der Waals surface area contributed by atoms with E-state index in [1.54, 1.807) is 0 Å². The largest absolute Gasteiger partial charge is 0.457 e. The molecular formula is C47H32N2O. The monoisotopic (exact) mass is 640 g/mol. The predicted molar refractivity (Wildman–Crippen MR) is 202 cm³/mol. The van der Waals surface area contributed by atoms with E-state index in [0.29, 0.717) is 5.82 Å². The highest BCUT2D eigenvalue weighted by Gasteiger charge is 2.51. The van der Waals surface area contributed by atoms with Gasteiger partial charge in [0.1, 0.15) is 11.5 Å². The number of aromatic nitrogens is 2. The molecular weight excluding hydrogens is 609 g/mol. The van der Waals surface area contributed by atoms with E-state index in [0.717, 1.165) is 63.5 Å². The number of allylic oxidation sites excluding steroid dienone is 4. The van der Waals surface area contributed by atoms with E-state index in [9.17, 15) is 0 Å². The molecule has 1 unspecified atom stereocenters. The predicted octanol–water partition coefficient (Wildman–Crippen LogP) is 11.7. The van der Waals surface area contributed by atoms with Gasteiger partial charge in [-0.2, -0.15) is 0 Å². The highest BCUT2D eigenvalue weighted by atomic mass is 16.5. The molecule has 0 N–H and O–H groups in total. The molecule has 0 saturated carbocycles. The Balaban J connectivity index is 1.20. The van der Waals surface area contributed by atoms with Crippen LogP contribution in [0.2, 0.25) is 0 Å². The van der Waals surface area contributed by atoms with E-state index in [1.807, 2.05) is 18.2 Å². The summed E-state index contributed by atoms with van der Waals surface area (Å²) < 4.78 is 6.71. The molecule has 1 spiro atoms. The van der Waals surface area contributed by atoms with Crippen molar-refractivity contribution in [1.29, 1.82) is 0 Å². The number of nitrogens with zero attached hydrogens (tertiary/aromatic N) is 2. The highest BCUT2D eigenvalue weighted by molar-refractivity contribution is 5.91. The van der Waals surface area contributed by atoms with Crippen LogP contribution >= 0.6 is 0 Å². The Kier molecular flexibility index (Phi) is 6.53. The molecule has 0 amide bonds. The van der Waals surface area contributed by atoms with Crippen LogP contribution in [0.1, 0.15) is 35.1 Å². The smallest absolute Gasteiger partial charge is 0.160 e. The van der Waals surface area contributed by atoms with Gasteiger partial charge in [0, 0.05) is 27.8 Å². The molecule has 236 valence electrons. The van der Waals surface area contributed by atoms with Gasteiger partial charge in [-0.15, -0.1) is 0 Å². The molecule has 3 nitrogen and oxygen atoms in total. The summed E-state index contributed by atoms with van der Waals surface area (Å²) in [4.78, 5) is 10.4. The SMILES string of the molecule is C1=CC2=C(CC1)c1ccccc1C21c2ccccc2Oc2ccc(-c3cc(-c4cccc(-c5ccccc5)c4)nc(-c4ccccc4)n3)cc21. The lowest BCUT2D eigenvalue weighted by atomic mass is 9.64. The van der Waals surface area contributed by atoms with E-state index < -0.39 is 5.41 Å². The van der Waals surface area contributed by atoms with Crippen LogP contribution in [0.25, 0.3) is 50.6 Å². The minimum absolute atomic E-state index is 0.495. The lowest BCUT2D eigenvalue weighted by molar-refractivity contribution is 0.435. The summed E-state index contributed by atoms with van der Waals surface area (Å²) in [5, 5.41) is 0. The van der Waals surface area contributed by atoms with Crippen LogP contribution < -0.4 is 4.74 Å². The lowest BCUT2D eigenvalue weighted by Gasteiger charge is -2.40. The van der Waals surface area contributed by atoms with Gasteiger partial charge in [-0.25, -0.2) is 9.97 Å². The van der Waals surface area contributed by atoms with E-state index in [-0.39, 0.29) is 0 Å². The van der Waals surface area contributed by atoms with Crippen molar-refractivity contribution in [2.75, 3.05) is 0 Å². The first-order valence-corrected chi connectivity index (χ1v) is 17.3. The molecule has 0 bridgehead atoms. The summed E-state index contributed by atoms with van der Waals surface area (Å²) in [6.45, 7) is 0. The van der Waals surface area contributed by atoms with Crippen LogP contribution in [0.4, 0.5) is 0 Å². The van der Waals surface area contributed by atoms with Crippen LogP contribution in [-0.2, 0) is 5.41 Å². The molecule has 0 radical (unpaired) electrons. The molecule has 2 heterocycles. The second-order valence-electron chi connectivity index (χ2n) is 13.2. The van der Waals surface area contributed by atoms with Gasteiger partial charge in [0.25, 0.3) is 0 Å². The van der Waals surface area contributed by atoms with Gasteiger partial charge in [-0.1, -0.05) is 133 Å². The topological polar surface area (TPSA) is 35.0 Å². The fraction of sp³-hybridized carbons (Fsp3) is 0.0638. The molecule has 3 heteroatoms. The fourth-order valence-electron chi connectivity index (χ4n) is 8.24. The van der Waals surface area contributed by atoms with Crippen molar-refractivity contribution in [3.63, 3.8) is 0 Å². The first kappa shape index (κ1) is 28.7. The number of para-hydroxylation sites is 1. The lowest BCUT2D eigenvalue weighted by Crippen LogP contribution is -2.33. The van der Waals surface area contributed by atoms with Gasteiger partial charge >= 0.3 is 0 Å². The fourth-order valence-corrected chi connectivity index (χ4v) is 8.24. The normalized spacial score (nSPS) is 16.7. The summed E-state index contributed by atoms with van der Waals surface area (Å²) in [6.07, 6.45) is 6.78. The van der Waals surface area contributed by atoms with Crippen LogP contribution in [0.3, 0.4) is 0 Å². The zero-order valence-electron chi connectivity index (χ0n) is 27.4. The Morgan fingerprint density at radius 1 is 0.480 bits per heavy atom. The van der Waals surface area contributed by atoms with Crippen molar-refractivity contribution in [3.05, 3.63) is 198 Å². The highest BCUT2D eigenvalue weighted by Crippen LogP contribution is 2.62. The first-order valence-electron chi connectivity index (χ1n) is 17.3. The molecule has 7 aromatic rings. The van der Waals surface area contributed by atoms with Crippen molar-refractivity contribution >= 4 is 5.57 Å². The number of hydrogen-bond acceptors (Lipinski definition) is 3. The summed E-state index contributed by atoms with van der Waals surface area (Å²) in [5.41, 5.74) is 14.4. The second-order valence-corrected chi connectivity index (χ2v) is 13.2. The molecule has 2 aliphatic carbocycles. The summed E-state index contributed by atoms with van der Waals surface area (Å²) in [7, 11) is 0. The molecule has 3 aliphatic rings. The summed E-state index contributed by atoms with van der Waals surface area (Å²) >= 11 is 0. The maximum atomic E-state index is 6.71. The molecule has 1 aromatic heterocycles. The summed E-state index contributed by atoms with van der Waals surface area (Å²) in [5.74, 6) is 2.48. The molecule has 0 fully saturated rings. The number of benzene rings is 6. The van der Waals surface area contributed by atoms with Crippen LogP contribution in [0.15, 0.2) is 175 Å². The van der Waals surface area contributed by atoms with Crippen LogP contribution in [-0.4, -0.2) is 9.97 Å². The average molecular weight is 641 g/mol. The Bertz CT molecular complexity index is 2510. The van der Waals surface area contributed by atoms with Crippen molar-refractivity contribution in [2.24, 2.45) is 0 Å². The van der Waals surface area contributed by atoms with E-state index in [4.69, 9.17) is 14.7 Å². The van der Waals surface area contributed by atoms with Crippen LogP contribution in [0.5, 0.6) is 11.5 Å². The number of rotatable bonds is 4. The van der Waals surface area contributed by atoms with Gasteiger partial charge in [0.2, 0.25) is 0 Å². The van der Waals surface area contributed by atoms with Gasteiger partial charge in [0.15, 0.2) is 5.82 Å². The Morgan fingerprint density at radius 3 is 1.94 bits per heavy atom. The minimum Gasteiger partial charge on any atom is -0.457 e. The Morgan fingerprint density at radius 2 is 1.12 bits per heavy atom. The van der Waals surface area contributed by atoms with Crippen molar-refractivity contribution in [1.82, 2.24) is 9.97 Å². The second kappa shape index (κ2) is 11.4. The number of hydrogen-bond donors (Lipinski definition) is 0. The number of fused-ring (bicyclic) bond motifs is 8. The molecule has 6 aromatic carbocycles. The zero-order valence-corrected chi connectivity index (χ0v) is 27.4. The van der Waals surface area contributed by atoms with Gasteiger partial charge in [0.05, 0.1) is 16.8 Å². The summed E-state index contributed by atoms with van der Waals surface area (Å²) in [6, 6.07) is 55.6. The maximum Gasteiger partial charge on any atom is 0.160 e. The molecule has 0 saturated heterocycles. The van der Waals surface area contributed by atoms with Gasteiger partial charge < -0.3 is 4.74 Å². The minimum atomic E-state index is -0.495. The third-order valence-electron chi connectivity index (χ3n) is 10.4. The van der Waals surface area contributed by atoms with E-state index in [2.05, 4.69) is 152 Å². The number of ether oxygens (including phenoxy) is 1. The van der Waals surface area contributed by atoms with Crippen molar-refractivity contribution in [2.45, 2.75) is 18.3 Å². The first-order chi connectivity index (χ1) is 24.8. The Hall–Kier alpha value is -6.32. The van der Waals surface area contributed by atoms with Gasteiger partial charge in [-0.3, -0.25) is 0 Å².